The predicted molar refractivity (Wildman–Crippen MR) is 84.0 cm³/mol. The Morgan fingerprint density at radius 3 is 2.30 bits per heavy atom. The molecular formula is C16H29N3O. The molecular weight excluding hydrogens is 250 g/mol. The van der Waals surface area contributed by atoms with Crippen LogP contribution < -0.4 is 10.9 Å². The van der Waals surface area contributed by atoms with Gasteiger partial charge in [0.25, 0.3) is 5.56 Å². The Morgan fingerprint density at radius 2 is 1.80 bits per heavy atom. The molecule has 0 fully saturated rings. The lowest BCUT2D eigenvalue weighted by Crippen LogP contribution is -2.32. The van der Waals surface area contributed by atoms with Gasteiger partial charge >= 0.3 is 0 Å². The Bertz CT molecular complexity index is 475. The van der Waals surface area contributed by atoms with Crippen LogP contribution in [-0.4, -0.2) is 16.3 Å². The Kier molecular flexibility index (Phi) is 6.40. The maximum absolute atomic E-state index is 12.4. The number of nitrogens with zero attached hydrogens (tertiary/aromatic N) is 2. The third-order valence-corrected chi connectivity index (χ3v) is 3.07. The summed E-state index contributed by atoms with van der Waals surface area (Å²) in [6.07, 6.45) is 0. The van der Waals surface area contributed by atoms with E-state index in [4.69, 9.17) is 0 Å². The summed E-state index contributed by atoms with van der Waals surface area (Å²) in [5.74, 6) is 1.33. The molecule has 0 saturated heterocycles. The van der Waals surface area contributed by atoms with Crippen LogP contribution in [0, 0.1) is 11.8 Å². The quantitative estimate of drug-likeness (QED) is 0.835. The Balaban J connectivity index is 3.01. The van der Waals surface area contributed by atoms with E-state index in [1.807, 2.05) is 6.07 Å². The van der Waals surface area contributed by atoms with Crippen LogP contribution in [0.3, 0.4) is 0 Å². The van der Waals surface area contributed by atoms with Crippen LogP contribution in [-0.2, 0) is 13.1 Å². The highest BCUT2D eigenvalue weighted by atomic mass is 16.1. The molecule has 0 aliphatic heterocycles. The van der Waals surface area contributed by atoms with Gasteiger partial charge in [-0.05, 0) is 30.4 Å². The molecule has 20 heavy (non-hydrogen) atoms. The van der Waals surface area contributed by atoms with Crippen molar-refractivity contribution >= 4 is 0 Å². The minimum atomic E-state index is 0.0411. The van der Waals surface area contributed by atoms with Crippen molar-refractivity contribution in [2.75, 3.05) is 6.54 Å². The van der Waals surface area contributed by atoms with Gasteiger partial charge in [-0.15, -0.1) is 0 Å². The number of aromatic nitrogens is 2. The molecule has 0 atom stereocenters. The van der Waals surface area contributed by atoms with Crippen molar-refractivity contribution in [1.29, 1.82) is 0 Å². The van der Waals surface area contributed by atoms with Crippen LogP contribution in [0.2, 0.25) is 0 Å². The highest BCUT2D eigenvalue weighted by molar-refractivity contribution is 5.16. The van der Waals surface area contributed by atoms with E-state index in [0.717, 1.165) is 17.8 Å². The number of rotatable bonds is 7. The summed E-state index contributed by atoms with van der Waals surface area (Å²) >= 11 is 0. The fourth-order valence-corrected chi connectivity index (χ4v) is 1.99. The van der Waals surface area contributed by atoms with Crippen LogP contribution in [0.1, 0.15) is 58.7 Å². The second-order valence-electron chi connectivity index (χ2n) is 6.65. The molecule has 1 aromatic heterocycles. The Morgan fingerprint density at radius 1 is 1.15 bits per heavy atom. The lowest BCUT2D eigenvalue weighted by atomic mass is 10.1. The average molecular weight is 279 g/mol. The molecule has 1 aromatic rings. The van der Waals surface area contributed by atoms with E-state index >= 15 is 0 Å². The van der Waals surface area contributed by atoms with Crippen molar-refractivity contribution in [2.45, 2.75) is 60.5 Å². The summed E-state index contributed by atoms with van der Waals surface area (Å²) in [4.78, 5) is 12.4. The van der Waals surface area contributed by atoms with Gasteiger partial charge in [0.15, 0.2) is 0 Å². The first-order valence-electron chi connectivity index (χ1n) is 7.62. The monoisotopic (exact) mass is 279 g/mol. The highest BCUT2D eigenvalue weighted by Gasteiger charge is 2.11. The molecule has 1 N–H and O–H groups in total. The van der Waals surface area contributed by atoms with E-state index in [-0.39, 0.29) is 5.56 Å². The molecule has 0 unspecified atom stereocenters. The van der Waals surface area contributed by atoms with E-state index < -0.39 is 0 Å². The van der Waals surface area contributed by atoms with Gasteiger partial charge in [0.1, 0.15) is 0 Å². The number of hydrogen-bond donors (Lipinski definition) is 1. The molecule has 4 heteroatoms. The molecule has 0 aliphatic rings. The van der Waals surface area contributed by atoms with Crippen molar-refractivity contribution in [3.8, 4) is 0 Å². The second kappa shape index (κ2) is 7.58. The maximum atomic E-state index is 12.4. The van der Waals surface area contributed by atoms with Crippen molar-refractivity contribution < 1.29 is 0 Å². The average Bonchev–Trinajstić information content (AvgIpc) is 2.32. The molecule has 4 nitrogen and oxygen atoms in total. The minimum Gasteiger partial charge on any atom is -0.312 e. The SMILES string of the molecule is CC(C)CNCc1cc(C(C)C)nn(CC(C)C)c1=O. The van der Waals surface area contributed by atoms with Gasteiger partial charge in [-0.25, -0.2) is 4.68 Å². The molecule has 0 amide bonds. The topological polar surface area (TPSA) is 46.9 Å². The smallest absolute Gasteiger partial charge is 0.271 e. The van der Waals surface area contributed by atoms with E-state index in [9.17, 15) is 4.79 Å². The first kappa shape index (κ1) is 16.9. The lowest BCUT2D eigenvalue weighted by molar-refractivity contribution is 0.449. The molecule has 1 rings (SSSR count). The summed E-state index contributed by atoms with van der Waals surface area (Å²) in [6.45, 7) is 15.0. The van der Waals surface area contributed by atoms with Gasteiger partial charge in [-0.1, -0.05) is 41.5 Å². The van der Waals surface area contributed by atoms with Crippen molar-refractivity contribution in [3.63, 3.8) is 0 Å². The fourth-order valence-electron chi connectivity index (χ4n) is 1.99. The molecule has 0 saturated carbocycles. The van der Waals surface area contributed by atoms with Crippen LogP contribution in [0.15, 0.2) is 10.9 Å². The standard InChI is InChI=1S/C16H29N3O/c1-11(2)8-17-9-14-7-15(13(5)6)18-19(16(14)20)10-12(3)4/h7,11-13,17H,8-10H2,1-6H3. The Labute approximate surface area is 122 Å². The third kappa shape index (κ3) is 5.08. The first-order valence-corrected chi connectivity index (χ1v) is 7.62. The van der Waals surface area contributed by atoms with Gasteiger partial charge in [0.2, 0.25) is 0 Å². The van der Waals surface area contributed by atoms with Crippen LogP contribution in [0.5, 0.6) is 0 Å². The molecule has 114 valence electrons. The molecule has 0 spiro atoms. The summed E-state index contributed by atoms with van der Waals surface area (Å²) in [6, 6.07) is 1.96. The zero-order valence-corrected chi connectivity index (χ0v) is 13.7. The maximum Gasteiger partial charge on any atom is 0.271 e. The highest BCUT2D eigenvalue weighted by Crippen LogP contribution is 2.11. The lowest BCUT2D eigenvalue weighted by Gasteiger charge is -2.14. The zero-order valence-electron chi connectivity index (χ0n) is 13.7. The largest absolute Gasteiger partial charge is 0.312 e. The second-order valence-corrected chi connectivity index (χ2v) is 6.65. The van der Waals surface area contributed by atoms with Gasteiger partial charge < -0.3 is 5.32 Å². The van der Waals surface area contributed by atoms with Crippen LogP contribution >= 0.6 is 0 Å². The van der Waals surface area contributed by atoms with E-state index in [1.54, 1.807) is 4.68 Å². The summed E-state index contributed by atoms with van der Waals surface area (Å²) < 4.78 is 1.63. The van der Waals surface area contributed by atoms with Crippen molar-refractivity contribution in [3.05, 3.63) is 27.7 Å². The first-order chi connectivity index (χ1) is 9.31. The predicted octanol–water partition coefficient (Wildman–Crippen LogP) is 2.77. The number of hydrogen-bond acceptors (Lipinski definition) is 3. The van der Waals surface area contributed by atoms with Gasteiger partial charge in [-0.2, -0.15) is 5.10 Å². The number of nitrogens with one attached hydrogen (secondary N) is 1. The summed E-state index contributed by atoms with van der Waals surface area (Å²) in [5.41, 5.74) is 1.86. The van der Waals surface area contributed by atoms with E-state index in [2.05, 4.69) is 52.0 Å². The van der Waals surface area contributed by atoms with Gasteiger partial charge in [-0.3, -0.25) is 4.79 Å². The normalized spacial score (nSPS) is 11.8. The zero-order chi connectivity index (χ0) is 15.3. The molecule has 0 aromatic carbocycles. The van der Waals surface area contributed by atoms with Crippen LogP contribution in [0.25, 0.3) is 0 Å². The van der Waals surface area contributed by atoms with Gasteiger partial charge in [0.05, 0.1) is 5.69 Å². The molecule has 0 radical (unpaired) electrons. The van der Waals surface area contributed by atoms with Crippen LogP contribution in [0.4, 0.5) is 0 Å². The van der Waals surface area contributed by atoms with E-state index in [0.29, 0.717) is 30.8 Å². The summed E-state index contributed by atoms with van der Waals surface area (Å²) in [7, 11) is 0. The fraction of sp³-hybridized carbons (Fsp3) is 0.750. The minimum absolute atomic E-state index is 0.0411. The van der Waals surface area contributed by atoms with Crippen molar-refractivity contribution in [2.24, 2.45) is 11.8 Å². The Hall–Kier alpha value is -1.16. The summed E-state index contributed by atoms with van der Waals surface area (Å²) in [5, 5.41) is 7.84. The van der Waals surface area contributed by atoms with E-state index in [1.165, 1.54) is 0 Å². The third-order valence-electron chi connectivity index (χ3n) is 3.07. The molecule has 1 heterocycles. The molecule has 0 aliphatic carbocycles. The van der Waals surface area contributed by atoms with Gasteiger partial charge in [0, 0.05) is 18.7 Å². The molecule has 0 bridgehead atoms. The van der Waals surface area contributed by atoms with Crippen molar-refractivity contribution in [1.82, 2.24) is 15.1 Å².